The van der Waals surface area contributed by atoms with Gasteiger partial charge in [-0.3, -0.25) is 9.59 Å². The third-order valence-corrected chi connectivity index (χ3v) is 6.11. The largest absolute Gasteiger partial charge is 0.382 e. The highest BCUT2D eigenvalue weighted by molar-refractivity contribution is 5.94. The number of nitrogens with one attached hydrogen (secondary N) is 1. The zero-order chi connectivity index (χ0) is 21.2. The minimum absolute atomic E-state index is 0.108. The highest BCUT2D eigenvalue weighted by atomic mass is 16.5. The van der Waals surface area contributed by atoms with Gasteiger partial charge in [0, 0.05) is 58.6 Å². The number of ether oxygens (including phenoxy) is 1. The van der Waals surface area contributed by atoms with Crippen molar-refractivity contribution >= 4 is 17.6 Å². The first-order valence-electron chi connectivity index (χ1n) is 11.5. The molecule has 1 aromatic heterocycles. The van der Waals surface area contributed by atoms with E-state index in [1.54, 1.807) is 6.20 Å². The van der Waals surface area contributed by atoms with Gasteiger partial charge in [-0.1, -0.05) is 19.3 Å². The van der Waals surface area contributed by atoms with Crippen LogP contribution in [-0.2, 0) is 9.53 Å². The predicted octanol–water partition coefficient (Wildman–Crippen LogP) is 2.86. The molecule has 1 saturated carbocycles. The van der Waals surface area contributed by atoms with Crippen LogP contribution in [0.4, 0.5) is 5.82 Å². The Hall–Kier alpha value is -2.15. The summed E-state index contributed by atoms with van der Waals surface area (Å²) in [5.74, 6) is 1.65. The van der Waals surface area contributed by atoms with Gasteiger partial charge in [0.1, 0.15) is 5.82 Å². The maximum absolute atomic E-state index is 12.6. The minimum Gasteiger partial charge on any atom is -0.382 e. The smallest absolute Gasteiger partial charge is 0.252 e. The van der Waals surface area contributed by atoms with Crippen molar-refractivity contribution in [2.75, 3.05) is 50.8 Å². The molecule has 1 saturated heterocycles. The summed E-state index contributed by atoms with van der Waals surface area (Å²) in [5, 5.41) is 2.89. The molecule has 0 unspecified atom stereocenters. The lowest BCUT2D eigenvalue weighted by Crippen LogP contribution is -2.49. The number of hydrogen-bond acceptors (Lipinski definition) is 5. The Labute approximate surface area is 180 Å². The van der Waals surface area contributed by atoms with E-state index in [2.05, 4.69) is 15.2 Å². The maximum Gasteiger partial charge on any atom is 0.252 e. The van der Waals surface area contributed by atoms with Gasteiger partial charge in [-0.15, -0.1) is 0 Å². The molecule has 2 aliphatic rings. The molecule has 0 bridgehead atoms. The Bertz CT molecular complexity index is 666. The molecule has 2 fully saturated rings. The lowest BCUT2D eigenvalue weighted by molar-refractivity contribution is -0.132. The van der Waals surface area contributed by atoms with Crippen LogP contribution in [0.15, 0.2) is 18.3 Å². The number of carbonyl (C=O) groups is 2. The van der Waals surface area contributed by atoms with Crippen molar-refractivity contribution in [2.45, 2.75) is 51.9 Å². The van der Waals surface area contributed by atoms with Gasteiger partial charge >= 0.3 is 0 Å². The number of anilines is 1. The van der Waals surface area contributed by atoms with Crippen molar-refractivity contribution in [3.8, 4) is 0 Å². The summed E-state index contributed by atoms with van der Waals surface area (Å²) in [6.45, 7) is 6.97. The first-order chi connectivity index (χ1) is 14.7. The monoisotopic (exact) mass is 416 g/mol. The zero-order valence-corrected chi connectivity index (χ0v) is 18.3. The van der Waals surface area contributed by atoms with Crippen molar-refractivity contribution < 1.29 is 14.3 Å². The Morgan fingerprint density at radius 3 is 2.57 bits per heavy atom. The number of pyridine rings is 1. The maximum atomic E-state index is 12.6. The summed E-state index contributed by atoms with van der Waals surface area (Å²) in [7, 11) is 0. The molecule has 0 spiro atoms. The van der Waals surface area contributed by atoms with Crippen molar-refractivity contribution in [3.05, 3.63) is 23.9 Å². The van der Waals surface area contributed by atoms with E-state index in [0.29, 0.717) is 43.6 Å². The van der Waals surface area contributed by atoms with Crippen LogP contribution in [0.5, 0.6) is 0 Å². The average Bonchev–Trinajstić information content (AvgIpc) is 2.80. The fourth-order valence-electron chi connectivity index (χ4n) is 4.28. The van der Waals surface area contributed by atoms with Gasteiger partial charge in [-0.25, -0.2) is 4.98 Å². The minimum atomic E-state index is -0.108. The molecule has 0 radical (unpaired) electrons. The molecule has 1 aliphatic heterocycles. The van der Waals surface area contributed by atoms with Crippen LogP contribution in [0.1, 0.15) is 62.2 Å². The number of carbonyl (C=O) groups excluding carboxylic acids is 2. The molecule has 1 aliphatic carbocycles. The molecule has 7 heteroatoms. The molecular weight excluding hydrogens is 380 g/mol. The van der Waals surface area contributed by atoms with E-state index < -0.39 is 0 Å². The zero-order valence-electron chi connectivity index (χ0n) is 18.3. The third-order valence-electron chi connectivity index (χ3n) is 6.11. The molecule has 0 atom stereocenters. The predicted molar refractivity (Wildman–Crippen MR) is 118 cm³/mol. The van der Waals surface area contributed by atoms with Gasteiger partial charge in [0.05, 0.1) is 5.56 Å². The van der Waals surface area contributed by atoms with Crippen LogP contribution in [-0.4, -0.2) is 67.6 Å². The number of nitrogens with zero attached hydrogens (tertiary/aromatic N) is 3. The fraction of sp³-hybridized carbons (Fsp3) is 0.696. The first-order valence-corrected chi connectivity index (χ1v) is 11.5. The lowest BCUT2D eigenvalue weighted by Gasteiger charge is -2.36. The lowest BCUT2D eigenvalue weighted by atomic mass is 9.86. The Morgan fingerprint density at radius 2 is 1.90 bits per heavy atom. The van der Waals surface area contributed by atoms with E-state index in [9.17, 15) is 9.59 Å². The molecular formula is C23H36N4O3. The van der Waals surface area contributed by atoms with E-state index in [-0.39, 0.29) is 5.91 Å². The molecule has 0 aromatic carbocycles. The number of aromatic nitrogens is 1. The number of hydrogen-bond donors (Lipinski definition) is 1. The van der Waals surface area contributed by atoms with Gasteiger partial charge in [0.15, 0.2) is 0 Å². The van der Waals surface area contributed by atoms with Crippen molar-refractivity contribution in [3.63, 3.8) is 0 Å². The van der Waals surface area contributed by atoms with E-state index >= 15 is 0 Å². The van der Waals surface area contributed by atoms with E-state index in [0.717, 1.165) is 38.4 Å². The number of amides is 2. The normalized spacial score (nSPS) is 17.8. The molecule has 30 heavy (non-hydrogen) atoms. The Balaban J connectivity index is 1.40. The highest BCUT2D eigenvalue weighted by Gasteiger charge is 2.25. The highest BCUT2D eigenvalue weighted by Crippen LogP contribution is 2.27. The molecule has 3 rings (SSSR count). The van der Waals surface area contributed by atoms with Gasteiger partial charge in [0.2, 0.25) is 5.91 Å². The van der Waals surface area contributed by atoms with Gasteiger partial charge in [-0.05, 0) is 44.2 Å². The molecule has 7 nitrogen and oxygen atoms in total. The van der Waals surface area contributed by atoms with Crippen LogP contribution >= 0.6 is 0 Å². The van der Waals surface area contributed by atoms with Crippen LogP contribution in [0, 0.1) is 5.92 Å². The summed E-state index contributed by atoms with van der Waals surface area (Å²) in [6, 6.07) is 3.72. The standard InChI is InChI=1S/C23H36N4O3/c1-2-30-16-6-11-24-23(29)20-9-10-21(25-18-20)26-12-14-27(15-13-26)22(28)17-19-7-4-3-5-8-19/h9-10,18-19H,2-8,11-17H2,1H3,(H,24,29). The summed E-state index contributed by atoms with van der Waals surface area (Å²) >= 11 is 0. The second-order valence-corrected chi connectivity index (χ2v) is 8.29. The average molecular weight is 417 g/mol. The van der Waals surface area contributed by atoms with Gasteiger partial charge in [0.25, 0.3) is 5.91 Å². The Kier molecular flexibility index (Phi) is 8.93. The second kappa shape index (κ2) is 11.9. The number of rotatable bonds is 9. The third kappa shape index (κ3) is 6.69. The topological polar surface area (TPSA) is 74.8 Å². The van der Waals surface area contributed by atoms with Crippen molar-refractivity contribution in [1.29, 1.82) is 0 Å². The van der Waals surface area contributed by atoms with Gasteiger partial charge in [-0.2, -0.15) is 0 Å². The van der Waals surface area contributed by atoms with E-state index in [1.807, 2.05) is 24.0 Å². The Morgan fingerprint density at radius 1 is 1.13 bits per heavy atom. The molecule has 2 amide bonds. The van der Waals surface area contributed by atoms with Crippen LogP contribution in [0.25, 0.3) is 0 Å². The van der Waals surface area contributed by atoms with Crippen LogP contribution < -0.4 is 10.2 Å². The quantitative estimate of drug-likeness (QED) is 0.627. The van der Waals surface area contributed by atoms with Crippen molar-refractivity contribution in [1.82, 2.24) is 15.2 Å². The van der Waals surface area contributed by atoms with Crippen molar-refractivity contribution in [2.24, 2.45) is 5.92 Å². The SMILES string of the molecule is CCOCCCNC(=O)c1ccc(N2CCN(C(=O)CC3CCCCC3)CC2)nc1. The molecule has 166 valence electrons. The van der Waals surface area contributed by atoms with Crippen LogP contribution in [0.3, 0.4) is 0 Å². The first kappa shape index (κ1) is 22.5. The molecule has 1 aromatic rings. The summed E-state index contributed by atoms with van der Waals surface area (Å²) in [6.07, 6.45) is 9.45. The summed E-state index contributed by atoms with van der Waals surface area (Å²) < 4.78 is 5.27. The molecule has 1 N–H and O–H groups in total. The summed E-state index contributed by atoms with van der Waals surface area (Å²) in [4.78, 5) is 33.5. The molecule has 2 heterocycles. The van der Waals surface area contributed by atoms with E-state index in [4.69, 9.17) is 4.74 Å². The van der Waals surface area contributed by atoms with Crippen LogP contribution in [0.2, 0.25) is 0 Å². The van der Waals surface area contributed by atoms with Gasteiger partial charge < -0.3 is 19.9 Å². The number of piperazine rings is 1. The second-order valence-electron chi connectivity index (χ2n) is 8.29. The fourth-order valence-corrected chi connectivity index (χ4v) is 4.28. The summed E-state index contributed by atoms with van der Waals surface area (Å²) in [5.41, 5.74) is 0.566. The van der Waals surface area contributed by atoms with E-state index in [1.165, 1.54) is 32.1 Å².